The van der Waals surface area contributed by atoms with Crippen molar-refractivity contribution in [2.24, 2.45) is 5.92 Å². The molecular weight excluding hydrogens is 284 g/mol. The fourth-order valence-corrected chi connectivity index (χ4v) is 3.03. The van der Waals surface area contributed by atoms with Gasteiger partial charge in [0.2, 0.25) is 0 Å². The van der Waals surface area contributed by atoms with E-state index in [-0.39, 0.29) is 0 Å². The van der Waals surface area contributed by atoms with Crippen molar-refractivity contribution in [3.05, 3.63) is 29.3 Å². The Morgan fingerprint density at radius 2 is 2.29 bits per heavy atom. The summed E-state index contributed by atoms with van der Waals surface area (Å²) in [6.07, 6.45) is 2.60. The average Bonchev–Trinajstić information content (AvgIpc) is 2.91. The van der Waals surface area contributed by atoms with Crippen LogP contribution in [0, 0.1) is 5.92 Å². The number of benzene rings is 1. The molecule has 0 radical (unpaired) electrons. The number of halogens is 1. The number of rotatable bonds is 8. The van der Waals surface area contributed by atoms with Crippen molar-refractivity contribution in [3.8, 4) is 5.75 Å². The maximum absolute atomic E-state index is 5.97. The van der Waals surface area contributed by atoms with Crippen LogP contribution in [-0.4, -0.2) is 43.7 Å². The fourth-order valence-electron chi connectivity index (χ4n) is 2.85. The van der Waals surface area contributed by atoms with Gasteiger partial charge in [0.05, 0.1) is 0 Å². The molecule has 3 nitrogen and oxygen atoms in total. The third-order valence-electron chi connectivity index (χ3n) is 3.74. The molecule has 21 heavy (non-hydrogen) atoms. The molecule has 0 spiro atoms. The zero-order chi connectivity index (χ0) is 15.1. The van der Waals surface area contributed by atoms with Crippen LogP contribution < -0.4 is 10.1 Å². The summed E-state index contributed by atoms with van der Waals surface area (Å²) in [5, 5.41) is 4.30. The fraction of sp³-hybridized carbons (Fsp3) is 0.647. The predicted molar refractivity (Wildman–Crippen MR) is 89.2 cm³/mol. The Kier molecular flexibility index (Phi) is 6.81. The van der Waals surface area contributed by atoms with Gasteiger partial charge in [-0.25, -0.2) is 0 Å². The summed E-state index contributed by atoms with van der Waals surface area (Å²) in [6.45, 7) is 9.62. The smallest absolute Gasteiger partial charge is 0.120 e. The third-order valence-corrected chi connectivity index (χ3v) is 3.97. The molecule has 1 aliphatic heterocycles. The monoisotopic (exact) mass is 310 g/mol. The molecule has 0 saturated carbocycles. The van der Waals surface area contributed by atoms with Crippen molar-refractivity contribution in [1.82, 2.24) is 10.2 Å². The minimum absolute atomic E-state index is 0.648. The van der Waals surface area contributed by atoms with Gasteiger partial charge in [0.1, 0.15) is 12.4 Å². The van der Waals surface area contributed by atoms with E-state index >= 15 is 0 Å². The molecule has 1 aromatic carbocycles. The van der Waals surface area contributed by atoms with E-state index in [1.54, 1.807) is 0 Å². The van der Waals surface area contributed by atoms with Crippen LogP contribution in [0.3, 0.4) is 0 Å². The Bertz CT molecular complexity index is 419. The quantitative estimate of drug-likeness (QED) is 0.796. The first-order valence-electron chi connectivity index (χ1n) is 7.97. The summed E-state index contributed by atoms with van der Waals surface area (Å²) in [6, 6.07) is 8.26. The summed E-state index contributed by atoms with van der Waals surface area (Å²) in [5.74, 6) is 1.53. The molecule has 1 atom stereocenters. The molecule has 1 aromatic rings. The highest BCUT2D eigenvalue weighted by molar-refractivity contribution is 6.30. The molecule has 1 unspecified atom stereocenters. The molecule has 0 aromatic heterocycles. The average molecular weight is 311 g/mol. The summed E-state index contributed by atoms with van der Waals surface area (Å²) >= 11 is 5.97. The molecular formula is C17H27ClN2O. The second-order valence-electron chi connectivity index (χ2n) is 6.25. The van der Waals surface area contributed by atoms with Crippen molar-refractivity contribution in [3.63, 3.8) is 0 Å². The highest BCUT2D eigenvalue weighted by atomic mass is 35.5. The topological polar surface area (TPSA) is 24.5 Å². The van der Waals surface area contributed by atoms with Crippen LogP contribution in [0.5, 0.6) is 5.75 Å². The molecule has 2 rings (SSSR count). The number of ether oxygens (including phenoxy) is 1. The van der Waals surface area contributed by atoms with E-state index in [0.717, 1.165) is 30.4 Å². The Morgan fingerprint density at radius 3 is 2.95 bits per heavy atom. The van der Waals surface area contributed by atoms with Gasteiger partial charge < -0.3 is 10.1 Å². The summed E-state index contributed by atoms with van der Waals surface area (Å²) in [4.78, 5) is 2.51. The summed E-state index contributed by atoms with van der Waals surface area (Å²) in [7, 11) is 0. The predicted octanol–water partition coefficient (Wildman–Crippen LogP) is 3.43. The Labute approximate surface area is 133 Å². The maximum atomic E-state index is 5.97. The molecule has 1 heterocycles. The zero-order valence-electron chi connectivity index (χ0n) is 13.1. The van der Waals surface area contributed by atoms with E-state index in [1.807, 2.05) is 24.3 Å². The Morgan fingerprint density at radius 1 is 1.43 bits per heavy atom. The lowest BCUT2D eigenvalue weighted by Gasteiger charge is -2.27. The first-order valence-corrected chi connectivity index (χ1v) is 8.35. The molecule has 1 saturated heterocycles. The highest BCUT2D eigenvalue weighted by Gasteiger charge is 2.18. The van der Waals surface area contributed by atoms with Gasteiger partial charge in [-0.05, 0) is 43.5 Å². The van der Waals surface area contributed by atoms with Crippen molar-refractivity contribution in [2.75, 3.05) is 32.8 Å². The first kappa shape index (κ1) is 16.6. The van der Waals surface area contributed by atoms with Gasteiger partial charge in [-0.1, -0.05) is 31.5 Å². The van der Waals surface area contributed by atoms with Gasteiger partial charge in [0, 0.05) is 30.7 Å². The van der Waals surface area contributed by atoms with Gasteiger partial charge in [-0.2, -0.15) is 0 Å². The largest absolute Gasteiger partial charge is 0.492 e. The number of nitrogens with zero attached hydrogens (tertiary/aromatic N) is 1. The Balaban J connectivity index is 1.77. The lowest BCUT2D eigenvalue weighted by Crippen LogP contribution is -2.41. The van der Waals surface area contributed by atoms with Crippen LogP contribution in [-0.2, 0) is 0 Å². The van der Waals surface area contributed by atoms with E-state index in [1.165, 1.54) is 19.4 Å². The van der Waals surface area contributed by atoms with E-state index < -0.39 is 0 Å². The van der Waals surface area contributed by atoms with E-state index in [0.29, 0.717) is 18.6 Å². The van der Waals surface area contributed by atoms with Crippen LogP contribution in [0.1, 0.15) is 26.7 Å². The number of hydrogen-bond acceptors (Lipinski definition) is 3. The van der Waals surface area contributed by atoms with Crippen molar-refractivity contribution in [1.29, 1.82) is 0 Å². The van der Waals surface area contributed by atoms with Crippen LogP contribution in [0.2, 0.25) is 5.02 Å². The molecule has 1 aliphatic rings. The normalized spacial score (nSPS) is 18.6. The van der Waals surface area contributed by atoms with Crippen molar-refractivity contribution >= 4 is 11.6 Å². The molecule has 4 heteroatoms. The molecule has 0 bridgehead atoms. The molecule has 1 fully saturated rings. The van der Waals surface area contributed by atoms with E-state index in [4.69, 9.17) is 16.3 Å². The number of hydrogen-bond donors (Lipinski definition) is 1. The van der Waals surface area contributed by atoms with Crippen molar-refractivity contribution in [2.45, 2.75) is 32.7 Å². The lowest BCUT2D eigenvalue weighted by atomic mass is 10.1. The zero-order valence-corrected chi connectivity index (χ0v) is 13.9. The maximum Gasteiger partial charge on any atom is 0.120 e. The van der Waals surface area contributed by atoms with Crippen molar-refractivity contribution < 1.29 is 4.74 Å². The van der Waals surface area contributed by atoms with Gasteiger partial charge in [0.25, 0.3) is 0 Å². The van der Waals surface area contributed by atoms with Crippen LogP contribution in [0.15, 0.2) is 24.3 Å². The molecule has 0 aliphatic carbocycles. The summed E-state index contributed by atoms with van der Waals surface area (Å²) in [5.41, 5.74) is 0. The van der Waals surface area contributed by atoms with Gasteiger partial charge in [0.15, 0.2) is 0 Å². The van der Waals surface area contributed by atoms with Gasteiger partial charge in [-0.15, -0.1) is 0 Å². The van der Waals surface area contributed by atoms with Gasteiger partial charge >= 0.3 is 0 Å². The van der Waals surface area contributed by atoms with Crippen LogP contribution >= 0.6 is 11.6 Å². The van der Waals surface area contributed by atoms with E-state index in [9.17, 15) is 0 Å². The standard InChI is InChI=1S/C17H27ClN2O/c1-14(2)12-20(13-16-6-4-8-19-16)9-10-21-17-7-3-5-15(18)11-17/h3,5,7,11,14,16,19H,4,6,8-10,12-13H2,1-2H3. The second kappa shape index (κ2) is 8.62. The first-order chi connectivity index (χ1) is 10.1. The minimum Gasteiger partial charge on any atom is -0.492 e. The second-order valence-corrected chi connectivity index (χ2v) is 6.69. The third kappa shape index (κ3) is 6.25. The van der Waals surface area contributed by atoms with Gasteiger partial charge in [-0.3, -0.25) is 4.90 Å². The van der Waals surface area contributed by atoms with Crippen LogP contribution in [0.25, 0.3) is 0 Å². The minimum atomic E-state index is 0.648. The highest BCUT2D eigenvalue weighted by Crippen LogP contribution is 2.17. The molecule has 118 valence electrons. The van der Waals surface area contributed by atoms with Crippen LogP contribution in [0.4, 0.5) is 0 Å². The number of nitrogens with one attached hydrogen (secondary N) is 1. The lowest BCUT2D eigenvalue weighted by molar-refractivity contribution is 0.181. The molecule has 1 N–H and O–H groups in total. The SMILES string of the molecule is CC(C)CN(CCOc1cccc(Cl)c1)CC1CCCN1. The molecule has 0 amide bonds. The van der Waals surface area contributed by atoms with E-state index in [2.05, 4.69) is 24.1 Å². The Hall–Kier alpha value is -0.770. The summed E-state index contributed by atoms with van der Waals surface area (Å²) < 4.78 is 5.82.